The molecule has 0 amide bonds. The van der Waals surface area contributed by atoms with Crippen LogP contribution in [-0.2, 0) is 0 Å². The van der Waals surface area contributed by atoms with Gasteiger partial charge in [0.2, 0.25) is 0 Å². The van der Waals surface area contributed by atoms with E-state index >= 15 is 0 Å². The molecule has 0 radical (unpaired) electrons. The van der Waals surface area contributed by atoms with Gasteiger partial charge in [0.15, 0.2) is 0 Å². The topological polar surface area (TPSA) is 24.4 Å². The first-order valence-corrected chi connectivity index (χ1v) is 11.0. The average molecular weight is 373 g/mol. The van der Waals surface area contributed by atoms with Crippen molar-refractivity contribution < 1.29 is 0 Å². The maximum atomic E-state index is 5.10. The molecule has 0 spiro atoms. The third-order valence-corrected chi connectivity index (χ3v) is 6.02. The SMILES string of the molecule is CC(/N=C1/CCCCCCCCCN1)c1ccc2ccc3ccccc3c2c1. The van der Waals surface area contributed by atoms with Crippen molar-refractivity contribution in [3.63, 3.8) is 0 Å². The lowest BCUT2D eigenvalue weighted by Crippen LogP contribution is -2.25. The molecular formula is C26H32N2. The predicted octanol–water partition coefficient (Wildman–Crippen LogP) is 7.18. The first-order chi connectivity index (χ1) is 13.8. The summed E-state index contributed by atoms with van der Waals surface area (Å²) in [6.45, 7) is 3.29. The maximum Gasteiger partial charge on any atom is 0.0970 e. The minimum absolute atomic E-state index is 0.177. The first kappa shape index (κ1) is 19.0. The Kier molecular flexibility index (Phi) is 6.26. The molecule has 1 aliphatic rings. The number of hydrogen-bond donors (Lipinski definition) is 1. The molecule has 3 aromatic carbocycles. The second-order valence-electron chi connectivity index (χ2n) is 8.17. The van der Waals surface area contributed by atoms with Crippen molar-refractivity contribution in [1.29, 1.82) is 0 Å². The number of rotatable bonds is 2. The van der Waals surface area contributed by atoms with Gasteiger partial charge < -0.3 is 5.32 Å². The van der Waals surface area contributed by atoms with Crippen molar-refractivity contribution in [2.24, 2.45) is 4.99 Å². The molecule has 0 bridgehead atoms. The fraction of sp³-hybridized carbons (Fsp3) is 0.423. The molecule has 1 atom stereocenters. The summed E-state index contributed by atoms with van der Waals surface area (Å²) in [6.07, 6.45) is 10.4. The quantitative estimate of drug-likeness (QED) is 0.473. The minimum Gasteiger partial charge on any atom is -0.374 e. The zero-order chi connectivity index (χ0) is 19.2. The van der Waals surface area contributed by atoms with Crippen LogP contribution in [0.25, 0.3) is 21.5 Å². The molecule has 1 saturated heterocycles. The van der Waals surface area contributed by atoms with Crippen molar-refractivity contribution in [2.45, 2.75) is 64.3 Å². The molecule has 0 saturated carbocycles. The van der Waals surface area contributed by atoms with Gasteiger partial charge in [0.1, 0.15) is 0 Å². The second-order valence-corrected chi connectivity index (χ2v) is 8.17. The standard InChI is InChI=1S/C26H32N2/c1-20(28-26-13-7-5-3-2-4-6-10-18-27-26)23-17-16-22-15-14-21-11-8-9-12-24(21)25(22)19-23/h8-9,11-12,14-17,19-20H,2-7,10,13,18H2,1H3,(H,27,28). The third kappa shape index (κ3) is 4.55. The van der Waals surface area contributed by atoms with E-state index in [1.807, 2.05) is 0 Å². The molecule has 0 aliphatic carbocycles. The summed E-state index contributed by atoms with van der Waals surface area (Å²) in [6, 6.07) is 20.1. The molecular weight excluding hydrogens is 340 g/mol. The van der Waals surface area contributed by atoms with Crippen molar-refractivity contribution in [2.75, 3.05) is 6.54 Å². The summed E-state index contributed by atoms with van der Waals surface area (Å²) in [5, 5.41) is 8.90. The van der Waals surface area contributed by atoms with Crippen LogP contribution in [0.4, 0.5) is 0 Å². The molecule has 1 fully saturated rings. The number of nitrogens with zero attached hydrogens (tertiary/aromatic N) is 1. The highest BCUT2D eigenvalue weighted by atomic mass is 15.0. The van der Waals surface area contributed by atoms with Gasteiger partial charge in [-0.2, -0.15) is 0 Å². The third-order valence-electron chi connectivity index (χ3n) is 6.02. The molecule has 1 aliphatic heterocycles. The van der Waals surface area contributed by atoms with E-state index in [2.05, 4.69) is 66.8 Å². The Balaban J connectivity index is 1.60. The van der Waals surface area contributed by atoms with Gasteiger partial charge in [0.25, 0.3) is 0 Å². The molecule has 28 heavy (non-hydrogen) atoms. The fourth-order valence-corrected chi connectivity index (χ4v) is 4.32. The summed E-state index contributed by atoms with van der Waals surface area (Å²) >= 11 is 0. The van der Waals surface area contributed by atoms with Crippen LogP contribution in [0.15, 0.2) is 59.6 Å². The average Bonchev–Trinajstić information content (AvgIpc) is 2.79. The van der Waals surface area contributed by atoms with Crippen LogP contribution in [0.5, 0.6) is 0 Å². The number of fused-ring (bicyclic) bond motifs is 3. The van der Waals surface area contributed by atoms with Crippen molar-refractivity contribution >= 4 is 27.4 Å². The van der Waals surface area contributed by atoms with E-state index in [4.69, 9.17) is 4.99 Å². The van der Waals surface area contributed by atoms with Crippen LogP contribution >= 0.6 is 0 Å². The Morgan fingerprint density at radius 3 is 2.29 bits per heavy atom. The summed E-state index contributed by atoms with van der Waals surface area (Å²) in [4.78, 5) is 5.10. The van der Waals surface area contributed by atoms with Gasteiger partial charge >= 0.3 is 0 Å². The molecule has 4 rings (SSSR count). The van der Waals surface area contributed by atoms with Crippen LogP contribution in [0.1, 0.15) is 69.9 Å². The molecule has 0 aromatic heterocycles. The zero-order valence-electron chi connectivity index (χ0n) is 17.1. The molecule has 2 nitrogen and oxygen atoms in total. The highest BCUT2D eigenvalue weighted by Gasteiger charge is 2.09. The Labute approximate surface area is 169 Å². The molecule has 1 heterocycles. The van der Waals surface area contributed by atoms with E-state index in [0.29, 0.717) is 0 Å². The summed E-state index contributed by atoms with van der Waals surface area (Å²) in [5.74, 6) is 1.20. The first-order valence-electron chi connectivity index (χ1n) is 11.0. The number of aliphatic imine (C=N–C) groups is 1. The molecule has 146 valence electrons. The van der Waals surface area contributed by atoms with Gasteiger partial charge in [0, 0.05) is 13.0 Å². The molecule has 1 unspecified atom stereocenters. The predicted molar refractivity (Wildman–Crippen MR) is 122 cm³/mol. The summed E-state index contributed by atoms with van der Waals surface area (Å²) in [7, 11) is 0. The Hall–Kier alpha value is -2.35. The molecule has 1 N–H and O–H groups in total. The van der Waals surface area contributed by atoms with Crippen LogP contribution in [0, 0.1) is 0 Å². The van der Waals surface area contributed by atoms with Gasteiger partial charge in [-0.3, -0.25) is 4.99 Å². The fourth-order valence-electron chi connectivity index (χ4n) is 4.32. The van der Waals surface area contributed by atoms with Gasteiger partial charge in [-0.1, -0.05) is 80.6 Å². The lowest BCUT2D eigenvalue weighted by molar-refractivity contribution is 0.591. The maximum absolute atomic E-state index is 5.10. The monoisotopic (exact) mass is 372 g/mol. The van der Waals surface area contributed by atoms with Gasteiger partial charge in [0.05, 0.1) is 11.9 Å². The Bertz CT molecular complexity index is 943. The van der Waals surface area contributed by atoms with E-state index < -0.39 is 0 Å². The summed E-state index contributed by atoms with van der Waals surface area (Å²) < 4.78 is 0. The van der Waals surface area contributed by atoms with Crippen molar-refractivity contribution in [1.82, 2.24) is 5.32 Å². The van der Waals surface area contributed by atoms with E-state index in [9.17, 15) is 0 Å². The van der Waals surface area contributed by atoms with Gasteiger partial charge in [-0.05, 0) is 52.9 Å². The highest BCUT2D eigenvalue weighted by molar-refractivity contribution is 6.07. The number of nitrogens with one attached hydrogen (secondary N) is 1. The van der Waals surface area contributed by atoms with Crippen LogP contribution in [0.2, 0.25) is 0 Å². The van der Waals surface area contributed by atoms with Gasteiger partial charge in [-0.25, -0.2) is 0 Å². The normalized spacial score (nSPS) is 19.2. The van der Waals surface area contributed by atoms with E-state index in [0.717, 1.165) is 13.0 Å². The Morgan fingerprint density at radius 1 is 0.750 bits per heavy atom. The number of benzene rings is 3. The van der Waals surface area contributed by atoms with Crippen LogP contribution in [0.3, 0.4) is 0 Å². The second kappa shape index (κ2) is 9.23. The number of hydrogen-bond acceptors (Lipinski definition) is 1. The van der Waals surface area contributed by atoms with Crippen LogP contribution in [-0.4, -0.2) is 12.4 Å². The lowest BCUT2D eigenvalue weighted by Gasteiger charge is -2.15. The van der Waals surface area contributed by atoms with E-state index in [1.54, 1.807) is 0 Å². The summed E-state index contributed by atoms with van der Waals surface area (Å²) in [5.41, 5.74) is 1.30. The van der Waals surface area contributed by atoms with E-state index in [-0.39, 0.29) is 6.04 Å². The molecule has 2 heteroatoms. The van der Waals surface area contributed by atoms with Gasteiger partial charge in [-0.15, -0.1) is 0 Å². The van der Waals surface area contributed by atoms with Crippen molar-refractivity contribution in [3.05, 3.63) is 60.2 Å². The van der Waals surface area contributed by atoms with Crippen LogP contribution < -0.4 is 5.32 Å². The lowest BCUT2D eigenvalue weighted by atomic mass is 9.98. The molecule has 3 aromatic rings. The minimum atomic E-state index is 0.177. The highest BCUT2D eigenvalue weighted by Crippen LogP contribution is 2.29. The zero-order valence-corrected chi connectivity index (χ0v) is 17.1. The van der Waals surface area contributed by atoms with Crippen molar-refractivity contribution in [3.8, 4) is 0 Å². The smallest absolute Gasteiger partial charge is 0.0970 e. The van der Waals surface area contributed by atoms with E-state index in [1.165, 1.54) is 77.9 Å². The Morgan fingerprint density at radius 2 is 1.43 bits per heavy atom. The largest absolute Gasteiger partial charge is 0.374 e. The number of amidine groups is 1.